The molecule has 34 heavy (non-hydrogen) atoms. The molecule has 1 N–H and O–H groups in total. The highest BCUT2D eigenvalue weighted by Crippen LogP contribution is 2.45. The first-order valence-corrected chi connectivity index (χ1v) is 12.7. The Bertz CT molecular complexity index is 972. The molecule has 182 valence electrons. The normalized spacial score (nSPS) is 18.8. The molecule has 0 bridgehead atoms. The van der Waals surface area contributed by atoms with Crippen LogP contribution in [-0.4, -0.2) is 25.6 Å². The molecule has 0 spiro atoms. The number of amides is 1. The van der Waals surface area contributed by atoms with Crippen molar-refractivity contribution in [3.8, 4) is 5.75 Å². The quantitative estimate of drug-likeness (QED) is 0.479. The Balaban J connectivity index is 1.50. The molecule has 5 heteroatoms. The Morgan fingerprint density at radius 3 is 2.32 bits per heavy atom. The minimum atomic E-state index is -0.566. The number of carbonyl (C=O) groups is 2. The van der Waals surface area contributed by atoms with Crippen LogP contribution in [0.15, 0.2) is 48.5 Å². The van der Waals surface area contributed by atoms with Gasteiger partial charge < -0.3 is 14.8 Å². The van der Waals surface area contributed by atoms with Crippen LogP contribution in [-0.2, 0) is 14.9 Å². The van der Waals surface area contributed by atoms with Crippen LogP contribution in [0, 0.1) is 5.92 Å². The maximum atomic E-state index is 13.8. The average Bonchev–Trinajstić information content (AvgIpc) is 3.39. The van der Waals surface area contributed by atoms with E-state index in [1.807, 2.05) is 37.3 Å². The lowest BCUT2D eigenvalue weighted by Gasteiger charge is -2.32. The van der Waals surface area contributed by atoms with Crippen LogP contribution in [0.4, 0.5) is 0 Å². The summed E-state index contributed by atoms with van der Waals surface area (Å²) in [6.45, 7) is 2.72. The van der Waals surface area contributed by atoms with Gasteiger partial charge in [0.2, 0.25) is 5.91 Å². The molecule has 1 atom stereocenters. The van der Waals surface area contributed by atoms with Crippen molar-refractivity contribution < 1.29 is 19.1 Å². The molecule has 2 saturated carbocycles. The molecule has 1 amide bonds. The second-order valence-corrected chi connectivity index (χ2v) is 9.91. The number of rotatable bonds is 8. The monoisotopic (exact) mass is 463 g/mol. The van der Waals surface area contributed by atoms with Crippen LogP contribution in [0.5, 0.6) is 5.75 Å². The van der Waals surface area contributed by atoms with E-state index in [1.165, 1.54) is 39.2 Å². The molecule has 0 radical (unpaired) electrons. The summed E-state index contributed by atoms with van der Waals surface area (Å²) < 4.78 is 11.2. The Labute approximate surface area is 203 Å². The molecule has 2 aliphatic rings. The summed E-state index contributed by atoms with van der Waals surface area (Å²) in [5.74, 6) is 1.17. The maximum absolute atomic E-state index is 13.8. The molecule has 0 aliphatic heterocycles. The third-order valence-electron chi connectivity index (χ3n) is 7.67. The molecule has 2 aromatic rings. The van der Waals surface area contributed by atoms with Gasteiger partial charge in [-0.2, -0.15) is 0 Å². The number of ether oxygens (including phenoxy) is 2. The summed E-state index contributed by atoms with van der Waals surface area (Å²) in [5, 5.41) is 3.26. The van der Waals surface area contributed by atoms with Crippen molar-refractivity contribution in [1.82, 2.24) is 5.32 Å². The highest BCUT2D eigenvalue weighted by molar-refractivity contribution is 5.90. The van der Waals surface area contributed by atoms with Crippen LogP contribution < -0.4 is 10.1 Å². The SMILES string of the molecule is COC(=O)c1ccc(C(C)NC(=O)C2(c3ccccc3OCC3CCCCC3)CCCC2)cc1. The van der Waals surface area contributed by atoms with Gasteiger partial charge in [0.05, 0.1) is 30.7 Å². The van der Waals surface area contributed by atoms with E-state index in [2.05, 4.69) is 11.4 Å². The highest BCUT2D eigenvalue weighted by Gasteiger charge is 2.45. The number of methoxy groups -OCH3 is 1. The van der Waals surface area contributed by atoms with Gasteiger partial charge in [0.15, 0.2) is 0 Å². The fraction of sp³-hybridized carbons (Fsp3) is 0.517. The zero-order valence-corrected chi connectivity index (χ0v) is 20.5. The molecule has 5 nitrogen and oxygen atoms in total. The maximum Gasteiger partial charge on any atom is 0.337 e. The standard InChI is InChI=1S/C29H37NO4/c1-21(23-14-16-24(17-15-23)27(31)33-2)30-28(32)29(18-8-9-19-29)25-12-6-7-13-26(25)34-20-22-10-4-3-5-11-22/h6-7,12-17,21-22H,3-5,8-11,18-20H2,1-2H3,(H,30,32). The van der Waals surface area contributed by atoms with Gasteiger partial charge in [-0.25, -0.2) is 4.79 Å². The summed E-state index contributed by atoms with van der Waals surface area (Å²) in [6.07, 6.45) is 10.1. The van der Waals surface area contributed by atoms with Crippen molar-refractivity contribution in [2.75, 3.05) is 13.7 Å². The predicted molar refractivity (Wildman–Crippen MR) is 133 cm³/mol. The molecule has 2 aliphatic carbocycles. The van der Waals surface area contributed by atoms with Gasteiger partial charge in [0.25, 0.3) is 0 Å². The highest BCUT2D eigenvalue weighted by atomic mass is 16.5. The predicted octanol–water partition coefficient (Wildman–Crippen LogP) is 6.12. The summed E-state index contributed by atoms with van der Waals surface area (Å²) in [4.78, 5) is 25.5. The minimum Gasteiger partial charge on any atom is -0.493 e. The third-order valence-corrected chi connectivity index (χ3v) is 7.67. The summed E-state index contributed by atoms with van der Waals surface area (Å²) in [7, 11) is 1.37. The van der Waals surface area contributed by atoms with Crippen LogP contribution in [0.25, 0.3) is 0 Å². The third kappa shape index (κ3) is 5.29. The van der Waals surface area contributed by atoms with Gasteiger partial charge in [0.1, 0.15) is 5.75 Å². The summed E-state index contributed by atoms with van der Waals surface area (Å²) in [6, 6.07) is 15.2. The van der Waals surface area contributed by atoms with Gasteiger partial charge in [-0.15, -0.1) is 0 Å². The van der Waals surface area contributed by atoms with Crippen molar-refractivity contribution >= 4 is 11.9 Å². The second-order valence-electron chi connectivity index (χ2n) is 9.91. The number of benzene rings is 2. The molecule has 1 unspecified atom stereocenters. The first-order chi connectivity index (χ1) is 16.5. The first kappa shape index (κ1) is 24.3. The molecule has 0 heterocycles. The van der Waals surface area contributed by atoms with Gasteiger partial charge in [-0.1, -0.05) is 62.4 Å². The Morgan fingerprint density at radius 1 is 0.971 bits per heavy atom. The van der Waals surface area contributed by atoms with Crippen molar-refractivity contribution in [2.45, 2.75) is 76.2 Å². The van der Waals surface area contributed by atoms with Crippen molar-refractivity contribution in [2.24, 2.45) is 5.92 Å². The first-order valence-electron chi connectivity index (χ1n) is 12.7. The number of esters is 1. The van der Waals surface area contributed by atoms with Crippen LogP contribution >= 0.6 is 0 Å². The summed E-state index contributed by atoms with van der Waals surface area (Å²) >= 11 is 0. The van der Waals surface area contributed by atoms with E-state index in [0.717, 1.165) is 49.2 Å². The van der Waals surface area contributed by atoms with Gasteiger partial charge >= 0.3 is 5.97 Å². The van der Waals surface area contributed by atoms with E-state index in [0.29, 0.717) is 11.5 Å². The number of nitrogens with one attached hydrogen (secondary N) is 1. The molecule has 0 aromatic heterocycles. The van der Waals surface area contributed by atoms with Gasteiger partial charge in [0, 0.05) is 5.56 Å². The zero-order valence-electron chi connectivity index (χ0n) is 20.5. The van der Waals surface area contributed by atoms with E-state index >= 15 is 0 Å². The number of hydrogen-bond acceptors (Lipinski definition) is 4. The number of hydrogen-bond donors (Lipinski definition) is 1. The lowest BCUT2D eigenvalue weighted by molar-refractivity contribution is -0.127. The molecular weight excluding hydrogens is 426 g/mol. The smallest absolute Gasteiger partial charge is 0.337 e. The number of para-hydroxylation sites is 1. The minimum absolute atomic E-state index is 0.0586. The Morgan fingerprint density at radius 2 is 1.65 bits per heavy atom. The molecule has 0 saturated heterocycles. The largest absolute Gasteiger partial charge is 0.493 e. The van der Waals surface area contributed by atoms with E-state index in [1.54, 1.807) is 12.1 Å². The fourth-order valence-corrected chi connectivity index (χ4v) is 5.59. The van der Waals surface area contributed by atoms with Gasteiger partial charge in [-0.05, 0) is 62.3 Å². The van der Waals surface area contributed by atoms with E-state index < -0.39 is 5.41 Å². The van der Waals surface area contributed by atoms with Crippen molar-refractivity contribution in [3.05, 3.63) is 65.2 Å². The second kappa shape index (κ2) is 11.1. The topological polar surface area (TPSA) is 64.6 Å². The van der Waals surface area contributed by atoms with Crippen LogP contribution in [0.3, 0.4) is 0 Å². The lowest BCUT2D eigenvalue weighted by Crippen LogP contribution is -2.43. The average molecular weight is 464 g/mol. The lowest BCUT2D eigenvalue weighted by atomic mass is 9.77. The van der Waals surface area contributed by atoms with Crippen molar-refractivity contribution in [1.29, 1.82) is 0 Å². The molecular formula is C29H37NO4. The van der Waals surface area contributed by atoms with E-state index in [-0.39, 0.29) is 17.9 Å². The van der Waals surface area contributed by atoms with Crippen LogP contribution in [0.2, 0.25) is 0 Å². The molecule has 2 aromatic carbocycles. The molecule has 2 fully saturated rings. The number of carbonyl (C=O) groups excluding carboxylic acids is 2. The van der Waals surface area contributed by atoms with Gasteiger partial charge in [-0.3, -0.25) is 4.79 Å². The zero-order chi connectivity index (χ0) is 24.0. The molecule has 4 rings (SSSR count). The van der Waals surface area contributed by atoms with E-state index in [9.17, 15) is 9.59 Å². The Kier molecular flexibility index (Phi) is 7.91. The van der Waals surface area contributed by atoms with Crippen molar-refractivity contribution in [3.63, 3.8) is 0 Å². The fourth-order valence-electron chi connectivity index (χ4n) is 5.59. The Hall–Kier alpha value is -2.82. The summed E-state index contributed by atoms with van der Waals surface area (Å²) in [5.41, 5.74) is 1.91. The van der Waals surface area contributed by atoms with E-state index in [4.69, 9.17) is 9.47 Å². The van der Waals surface area contributed by atoms with Crippen LogP contribution in [0.1, 0.15) is 92.2 Å².